The number of rotatable bonds is 4. The number of halogens is 1. The van der Waals surface area contributed by atoms with E-state index >= 15 is 0 Å². The summed E-state index contributed by atoms with van der Waals surface area (Å²) >= 11 is 3.39. The Morgan fingerprint density at radius 3 is 2.77 bits per heavy atom. The third kappa shape index (κ3) is 3.34. The SMILES string of the molecule is NCc1cc(Br)cc(NCCO)c1. The fourth-order valence-corrected chi connectivity index (χ4v) is 1.61. The van der Waals surface area contributed by atoms with Gasteiger partial charge in [-0.1, -0.05) is 15.9 Å². The van der Waals surface area contributed by atoms with Crippen LogP contribution in [0.3, 0.4) is 0 Å². The molecule has 1 aromatic rings. The summed E-state index contributed by atoms with van der Waals surface area (Å²) in [5, 5.41) is 11.7. The molecule has 0 aliphatic heterocycles. The van der Waals surface area contributed by atoms with Crippen LogP contribution in [0.15, 0.2) is 22.7 Å². The quantitative estimate of drug-likeness (QED) is 0.749. The third-order valence-electron chi connectivity index (χ3n) is 1.63. The number of hydrogen-bond acceptors (Lipinski definition) is 3. The zero-order valence-corrected chi connectivity index (χ0v) is 8.84. The molecule has 0 aliphatic carbocycles. The topological polar surface area (TPSA) is 58.3 Å². The molecular weight excluding hydrogens is 232 g/mol. The Morgan fingerprint density at radius 1 is 1.38 bits per heavy atom. The minimum atomic E-state index is 0.129. The van der Waals surface area contributed by atoms with Crippen molar-refractivity contribution in [1.82, 2.24) is 0 Å². The molecule has 13 heavy (non-hydrogen) atoms. The highest BCUT2D eigenvalue weighted by molar-refractivity contribution is 9.10. The summed E-state index contributed by atoms with van der Waals surface area (Å²) in [6.07, 6.45) is 0. The molecule has 0 fully saturated rings. The van der Waals surface area contributed by atoms with E-state index in [1.807, 2.05) is 18.2 Å². The molecule has 0 radical (unpaired) electrons. The molecule has 3 nitrogen and oxygen atoms in total. The van der Waals surface area contributed by atoms with Gasteiger partial charge in [0.25, 0.3) is 0 Å². The normalized spacial score (nSPS) is 10.1. The van der Waals surface area contributed by atoms with Gasteiger partial charge in [0.15, 0.2) is 0 Å². The molecule has 0 saturated heterocycles. The lowest BCUT2D eigenvalue weighted by Crippen LogP contribution is -2.06. The molecule has 0 aliphatic rings. The highest BCUT2D eigenvalue weighted by Gasteiger charge is 1.97. The highest BCUT2D eigenvalue weighted by atomic mass is 79.9. The lowest BCUT2D eigenvalue weighted by molar-refractivity contribution is 0.311. The standard InChI is InChI=1S/C9H13BrN2O/c10-8-3-7(6-11)4-9(5-8)12-1-2-13/h3-5,12-13H,1-2,6,11H2. The molecule has 4 heteroatoms. The van der Waals surface area contributed by atoms with Gasteiger partial charge in [-0.25, -0.2) is 0 Å². The van der Waals surface area contributed by atoms with Crippen molar-refractivity contribution in [3.05, 3.63) is 28.2 Å². The van der Waals surface area contributed by atoms with Crippen molar-refractivity contribution in [1.29, 1.82) is 0 Å². The van der Waals surface area contributed by atoms with Gasteiger partial charge in [-0.15, -0.1) is 0 Å². The van der Waals surface area contributed by atoms with Crippen molar-refractivity contribution in [2.24, 2.45) is 5.73 Å². The molecule has 0 bridgehead atoms. The molecule has 1 aromatic carbocycles. The first-order valence-corrected chi connectivity index (χ1v) is 4.90. The number of hydrogen-bond donors (Lipinski definition) is 3. The lowest BCUT2D eigenvalue weighted by Gasteiger charge is -2.07. The molecule has 1 rings (SSSR count). The Bertz CT molecular complexity index is 278. The summed E-state index contributed by atoms with van der Waals surface area (Å²) in [4.78, 5) is 0. The second-order valence-electron chi connectivity index (χ2n) is 2.70. The molecule has 0 saturated carbocycles. The summed E-state index contributed by atoms with van der Waals surface area (Å²) in [5.74, 6) is 0. The van der Waals surface area contributed by atoms with Crippen molar-refractivity contribution in [3.8, 4) is 0 Å². The van der Waals surface area contributed by atoms with E-state index in [-0.39, 0.29) is 6.61 Å². The Kier molecular flexibility index (Phi) is 4.21. The van der Waals surface area contributed by atoms with E-state index in [9.17, 15) is 0 Å². The smallest absolute Gasteiger partial charge is 0.0604 e. The predicted molar refractivity (Wildman–Crippen MR) is 57.6 cm³/mol. The third-order valence-corrected chi connectivity index (χ3v) is 2.09. The first kappa shape index (κ1) is 10.5. The van der Waals surface area contributed by atoms with Crippen molar-refractivity contribution < 1.29 is 5.11 Å². The van der Waals surface area contributed by atoms with Crippen molar-refractivity contribution in [2.45, 2.75) is 6.54 Å². The molecule has 0 aromatic heterocycles. The molecule has 0 atom stereocenters. The molecule has 4 N–H and O–H groups in total. The maximum absolute atomic E-state index is 8.62. The summed E-state index contributed by atoms with van der Waals surface area (Å²) < 4.78 is 0.996. The van der Waals surface area contributed by atoms with Gasteiger partial charge >= 0.3 is 0 Å². The second kappa shape index (κ2) is 5.21. The largest absolute Gasteiger partial charge is 0.395 e. The van der Waals surface area contributed by atoms with Gasteiger partial charge in [0.05, 0.1) is 6.61 Å². The van der Waals surface area contributed by atoms with Crippen LogP contribution in [0.4, 0.5) is 5.69 Å². The molecule has 0 amide bonds. The van der Waals surface area contributed by atoms with Crippen LogP contribution >= 0.6 is 15.9 Å². The maximum atomic E-state index is 8.62. The summed E-state index contributed by atoms with van der Waals surface area (Å²) in [6, 6.07) is 5.90. The van der Waals surface area contributed by atoms with Crippen LogP contribution in [0.25, 0.3) is 0 Å². The van der Waals surface area contributed by atoms with Gasteiger partial charge in [-0.3, -0.25) is 0 Å². The summed E-state index contributed by atoms with van der Waals surface area (Å²) in [6.45, 7) is 1.21. The minimum absolute atomic E-state index is 0.129. The number of aliphatic hydroxyl groups excluding tert-OH is 1. The fourth-order valence-electron chi connectivity index (χ4n) is 1.07. The lowest BCUT2D eigenvalue weighted by atomic mass is 10.2. The summed E-state index contributed by atoms with van der Waals surface area (Å²) in [5.41, 5.74) is 7.56. The molecule has 0 heterocycles. The number of nitrogens with two attached hydrogens (primary N) is 1. The van der Waals surface area contributed by atoms with Crippen LogP contribution in [0.5, 0.6) is 0 Å². The van der Waals surface area contributed by atoms with Gasteiger partial charge in [-0.2, -0.15) is 0 Å². The average molecular weight is 245 g/mol. The van der Waals surface area contributed by atoms with E-state index in [0.717, 1.165) is 15.7 Å². The zero-order chi connectivity index (χ0) is 9.68. The van der Waals surface area contributed by atoms with Crippen LogP contribution in [0.1, 0.15) is 5.56 Å². The zero-order valence-electron chi connectivity index (χ0n) is 7.26. The van der Waals surface area contributed by atoms with E-state index in [1.54, 1.807) is 0 Å². The maximum Gasteiger partial charge on any atom is 0.0604 e. The average Bonchev–Trinajstić information content (AvgIpc) is 2.14. The molecular formula is C9H13BrN2O. The van der Waals surface area contributed by atoms with E-state index in [4.69, 9.17) is 10.8 Å². The minimum Gasteiger partial charge on any atom is -0.395 e. The Hall–Kier alpha value is -0.580. The van der Waals surface area contributed by atoms with Gasteiger partial charge in [0.2, 0.25) is 0 Å². The van der Waals surface area contributed by atoms with Crippen LogP contribution in [0.2, 0.25) is 0 Å². The van der Waals surface area contributed by atoms with E-state index in [2.05, 4.69) is 21.2 Å². The highest BCUT2D eigenvalue weighted by Crippen LogP contribution is 2.19. The van der Waals surface area contributed by atoms with E-state index < -0.39 is 0 Å². The van der Waals surface area contributed by atoms with Gasteiger partial charge in [0.1, 0.15) is 0 Å². The van der Waals surface area contributed by atoms with E-state index in [0.29, 0.717) is 13.1 Å². The van der Waals surface area contributed by atoms with Crippen LogP contribution in [0, 0.1) is 0 Å². The summed E-state index contributed by atoms with van der Waals surface area (Å²) in [7, 11) is 0. The van der Waals surface area contributed by atoms with Crippen LogP contribution < -0.4 is 11.1 Å². The Labute approximate surface area is 86.1 Å². The molecule has 0 unspecified atom stereocenters. The number of aliphatic hydroxyl groups is 1. The Balaban J connectivity index is 2.76. The first-order valence-electron chi connectivity index (χ1n) is 4.10. The van der Waals surface area contributed by atoms with Crippen molar-refractivity contribution >= 4 is 21.6 Å². The Morgan fingerprint density at radius 2 is 2.15 bits per heavy atom. The molecule has 72 valence electrons. The van der Waals surface area contributed by atoms with Crippen molar-refractivity contribution in [2.75, 3.05) is 18.5 Å². The van der Waals surface area contributed by atoms with Crippen molar-refractivity contribution in [3.63, 3.8) is 0 Å². The predicted octanol–water partition coefficient (Wildman–Crippen LogP) is 1.31. The second-order valence-corrected chi connectivity index (χ2v) is 3.62. The van der Waals surface area contributed by atoms with Crippen LogP contribution in [-0.2, 0) is 6.54 Å². The van der Waals surface area contributed by atoms with Gasteiger partial charge in [-0.05, 0) is 23.8 Å². The number of nitrogens with one attached hydrogen (secondary N) is 1. The monoisotopic (exact) mass is 244 g/mol. The van der Waals surface area contributed by atoms with Gasteiger partial charge in [0, 0.05) is 23.2 Å². The fraction of sp³-hybridized carbons (Fsp3) is 0.333. The first-order chi connectivity index (χ1) is 6.26. The number of benzene rings is 1. The van der Waals surface area contributed by atoms with Crippen LogP contribution in [-0.4, -0.2) is 18.3 Å². The van der Waals surface area contributed by atoms with Gasteiger partial charge < -0.3 is 16.2 Å². The number of anilines is 1. The molecule has 0 spiro atoms. The van der Waals surface area contributed by atoms with E-state index in [1.165, 1.54) is 0 Å².